The summed E-state index contributed by atoms with van der Waals surface area (Å²) in [7, 11) is 0. The molecule has 62 valence electrons. The van der Waals surface area contributed by atoms with Crippen LogP contribution in [-0.4, -0.2) is 15.0 Å². The SMILES string of the molecule is N#C[Se]Cc1ccc(Cl)c(Cl)c1. The predicted octanol–water partition coefficient (Wildman–Crippen LogP) is 2.68. The number of nitriles is 1. The van der Waals surface area contributed by atoms with E-state index >= 15 is 0 Å². The first-order chi connectivity index (χ1) is 5.74. The van der Waals surface area contributed by atoms with Crippen LogP contribution in [0, 0.1) is 10.2 Å². The van der Waals surface area contributed by atoms with E-state index in [1.165, 1.54) is 0 Å². The quantitative estimate of drug-likeness (QED) is 0.754. The van der Waals surface area contributed by atoms with Crippen molar-refractivity contribution < 1.29 is 0 Å². The summed E-state index contributed by atoms with van der Waals surface area (Å²) in [5.74, 6) is 0. The molecule has 0 atom stereocenters. The molecule has 0 aliphatic carbocycles. The van der Waals surface area contributed by atoms with Crippen molar-refractivity contribution in [3.05, 3.63) is 33.8 Å². The molecule has 0 saturated heterocycles. The van der Waals surface area contributed by atoms with Crippen molar-refractivity contribution in [1.29, 1.82) is 5.26 Å². The third kappa shape index (κ3) is 2.69. The summed E-state index contributed by atoms with van der Waals surface area (Å²) in [6, 6.07) is 5.46. The van der Waals surface area contributed by atoms with Crippen LogP contribution in [0.3, 0.4) is 0 Å². The summed E-state index contributed by atoms with van der Waals surface area (Å²) in [5, 5.41) is 10.3. The van der Waals surface area contributed by atoms with E-state index in [9.17, 15) is 0 Å². The second-order valence-corrected chi connectivity index (χ2v) is 4.54. The fraction of sp³-hybridized carbons (Fsp3) is 0.125. The predicted molar refractivity (Wildman–Crippen MR) is 51.5 cm³/mol. The Labute approximate surface area is 87.4 Å². The molecule has 0 aromatic heterocycles. The van der Waals surface area contributed by atoms with Crippen LogP contribution in [0.25, 0.3) is 0 Å². The second kappa shape index (κ2) is 4.74. The average molecular weight is 265 g/mol. The first-order valence-corrected chi connectivity index (χ1v) is 6.01. The average Bonchev–Trinajstić information content (AvgIpc) is 2.07. The molecule has 4 heteroatoms. The Balaban J connectivity index is 2.77. The summed E-state index contributed by atoms with van der Waals surface area (Å²) in [6.07, 6.45) is 0. The molecule has 0 saturated carbocycles. The van der Waals surface area contributed by atoms with Crippen LogP contribution in [0.2, 0.25) is 10.0 Å². The van der Waals surface area contributed by atoms with Gasteiger partial charge in [-0.2, -0.15) is 0 Å². The molecule has 0 spiro atoms. The maximum atomic E-state index is 8.37. The van der Waals surface area contributed by atoms with Gasteiger partial charge < -0.3 is 0 Å². The number of halogens is 2. The maximum absolute atomic E-state index is 8.37. The monoisotopic (exact) mass is 265 g/mol. The van der Waals surface area contributed by atoms with Gasteiger partial charge in [0.1, 0.15) is 0 Å². The van der Waals surface area contributed by atoms with Gasteiger partial charge in [0.05, 0.1) is 0 Å². The van der Waals surface area contributed by atoms with Gasteiger partial charge in [0.15, 0.2) is 0 Å². The third-order valence-corrected chi connectivity index (χ3v) is 3.30. The number of benzene rings is 1. The third-order valence-electron chi connectivity index (χ3n) is 1.29. The van der Waals surface area contributed by atoms with Crippen molar-refractivity contribution in [3.8, 4) is 4.97 Å². The molecule has 1 nitrogen and oxygen atoms in total. The molecule has 0 amide bonds. The zero-order chi connectivity index (χ0) is 8.97. The van der Waals surface area contributed by atoms with Crippen molar-refractivity contribution in [2.75, 3.05) is 0 Å². The van der Waals surface area contributed by atoms with Gasteiger partial charge in [0.2, 0.25) is 0 Å². The van der Waals surface area contributed by atoms with Crippen molar-refractivity contribution >= 4 is 38.2 Å². The van der Waals surface area contributed by atoms with E-state index in [1.54, 1.807) is 6.07 Å². The van der Waals surface area contributed by atoms with Gasteiger partial charge in [-0.3, -0.25) is 0 Å². The summed E-state index contributed by atoms with van der Waals surface area (Å²) in [4.78, 5) is 2.14. The number of hydrogen-bond donors (Lipinski definition) is 0. The van der Waals surface area contributed by atoms with Crippen LogP contribution in [0.1, 0.15) is 5.56 Å². The van der Waals surface area contributed by atoms with Crippen molar-refractivity contribution in [2.24, 2.45) is 0 Å². The molecule has 0 N–H and O–H groups in total. The molecule has 0 radical (unpaired) electrons. The Morgan fingerprint density at radius 2 is 2.08 bits per heavy atom. The van der Waals surface area contributed by atoms with E-state index in [0.29, 0.717) is 10.0 Å². The van der Waals surface area contributed by atoms with Gasteiger partial charge in [0.25, 0.3) is 0 Å². The van der Waals surface area contributed by atoms with Gasteiger partial charge in [-0.25, -0.2) is 0 Å². The Morgan fingerprint density at radius 1 is 1.33 bits per heavy atom. The van der Waals surface area contributed by atoms with E-state index in [2.05, 4.69) is 4.97 Å². The molecule has 1 aromatic carbocycles. The summed E-state index contributed by atoms with van der Waals surface area (Å²) >= 11 is 11.5. The summed E-state index contributed by atoms with van der Waals surface area (Å²) < 4.78 is 0. The first kappa shape index (κ1) is 9.89. The van der Waals surface area contributed by atoms with Crippen LogP contribution < -0.4 is 0 Å². The molecule has 0 aliphatic rings. The van der Waals surface area contributed by atoms with E-state index in [4.69, 9.17) is 28.5 Å². The molecule has 0 aliphatic heterocycles. The second-order valence-electron chi connectivity index (χ2n) is 2.13. The van der Waals surface area contributed by atoms with E-state index in [-0.39, 0.29) is 15.0 Å². The van der Waals surface area contributed by atoms with E-state index in [1.807, 2.05) is 12.1 Å². The van der Waals surface area contributed by atoms with Crippen molar-refractivity contribution in [2.45, 2.75) is 5.32 Å². The zero-order valence-electron chi connectivity index (χ0n) is 6.05. The topological polar surface area (TPSA) is 23.8 Å². The molecule has 1 aromatic rings. The van der Waals surface area contributed by atoms with Gasteiger partial charge in [-0.05, 0) is 0 Å². The Morgan fingerprint density at radius 3 is 2.67 bits per heavy atom. The number of rotatable bonds is 2. The Kier molecular flexibility index (Phi) is 3.91. The Hall–Kier alpha value is -0.191. The normalized spacial score (nSPS) is 9.42. The molecule has 12 heavy (non-hydrogen) atoms. The molecular weight excluding hydrogens is 260 g/mol. The minimum absolute atomic E-state index is 0.0111. The standard InChI is InChI=1S/C8H5Cl2NSe/c9-7-2-1-6(3-8(7)10)4-12-5-11/h1-3H,4H2. The van der Waals surface area contributed by atoms with E-state index < -0.39 is 0 Å². The van der Waals surface area contributed by atoms with Crippen molar-refractivity contribution in [3.63, 3.8) is 0 Å². The molecule has 0 heterocycles. The van der Waals surface area contributed by atoms with Crippen LogP contribution >= 0.6 is 23.2 Å². The molecular formula is C8H5Cl2NSe. The van der Waals surface area contributed by atoms with Gasteiger partial charge >= 0.3 is 87.5 Å². The van der Waals surface area contributed by atoms with Gasteiger partial charge in [0, 0.05) is 0 Å². The van der Waals surface area contributed by atoms with Gasteiger partial charge in [-0.15, -0.1) is 0 Å². The minimum atomic E-state index is 0.0111. The Bertz CT molecular complexity index is 319. The molecule has 1 rings (SSSR count). The summed E-state index contributed by atoms with van der Waals surface area (Å²) in [5.41, 5.74) is 1.07. The van der Waals surface area contributed by atoms with E-state index in [0.717, 1.165) is 10.9 Å². The van der Waals surface area contributed by atoms with Crippen LogP contribution in [0.15, 0.2) is 18.2 Å². The van der Waals surface area contributed by atoms with Crippen LogP contribution in [-0.2, 0) is 5.32 Å². The fourth-order valence-corrected chi connectivity index (χ4v) is 1.93. The molecule has 0 fully saturated rings. The molecule has 0 bridgehead atoms. The number of nitrogens with zero attached hydrogens (tertiary/aromatic N) is 1. The first-order valence-electron chi connectivity index (χ1n) is 3.19. The fourth-order valence-electron chi connectivity index (χ4n) is 0.745. The zero-order valence-corrected chi connectivity index (χ0v) is 9.28. The van der Waals surface area contributed by atoms with Crippen molar-refractivity contribution in [1.82, 2.24) is 0 Å². The number of hydrogen-bond acceptors (Lipinski definition) is 1. The molecule has 0 unspecified atom stereocenters. The summed E-state index contributed by atoms with van der Waals surface area (Å²) in [6.45, 7) is 0. The van der Waals surface area contributed by atoms with Crippen LogP contribution in [0.4, 0.5) is 0 Å². The van der Waals surface area contributed by atoms with Gasteiger partial charge in [-0.1, -0.05) is 0 Å². The van der Waals surface area contributed by atoms with Crippen LogP contribution in [0.5, 0.6) is 0 Å².